The fraction of sp³-hybridized carbons (Fsp3) is 0.571. The number of fused-ring (bicyclic) bond motifs is 1. The molecule has 0 atom stereocenters. The van der Waals surface area contributed by atoms with Crippen LogP contribution in [-0.4, -0.2) is 20.0 Å². The van der Waals surface area contributed by atoms with Crippen LogP contribution in [0.1, 0.15) is 32.1 Å². The fourth-order valence-electron chi connectivity index (χ4n) is 2.10. The maximum atomic E-state index is 5.81. The summed E-state index contributed by atoms with van der Waals surface area (Å²) < 4.78 is 22.3. The molecule has 0 aliphatic carbocycles. The molecule has 0 bridgehead atoms. The predicted molar refractivity (Wildman–Crippen MR) is 65.6 cm³/mol. The third-order valence-electron chi connectivity index (χ3n) is 3.69. The molecule has 1 aromatic rings. The molecule has 2 aliphatic heterocycles. The number of hydrogen-bond donors (Lipinski definition) is 0. The zero-order chi connectivity index (χ0) is 12.6. The molecular formula is C14H18O4. The summed E-state index contributed by atoms with van der Waals surface area (Å²) in [5.74, 6) is 1.55. The lowest BCUT2D eigenvalue weighted by molar-refractivity contribution is -0.230. The summed E-state index contributed by atoms with van der Waals surface area (Å²) in [4.78, 5) is 0. The first-order chi connectivity index (χ1) is 8.70. The van der Waals surface area contributed by atoms with Crippen molar-refractivity contribution in [3.63, 3.8) is 0 Å². The van der Waals surface area contributed by atoms with Crippen LogP contribution in [0.15, 0.2) is 18.2 Å². The van der Waals surface area contributed by atoms with Gasteiger partial charge >= 0.3 is 0 Å². The van der Waals surface area contributed by atoms with Crippen LogP contribution < -0.4 is 9.47 Å². The van der Waals surface area contributed by atoms with E-state index >= 15 is 0 Å². The van der Waals surface area contributed by atoms with Crippen molar-refractivity contribution in [3.8, 4) is 11.5 Å². The summed E-state index contributed by atoms with van der Waals surface area (Å²) in [7, 11) is 0. The van der Waals surface area contributed by atoms with Gasteiger partial charge in [0.05, 0.1) is 13.2 Å². The normalized spacial score (nSPS) is 30.4. The van der Waals surface area contributed by atoms with Gasteiger partial charge in [-0.15, -0.1) is 0 Å². The van der Waals surface area contributed by atoms with Gasteiger partial charge in [0.15, 0.2) is 17.8 Å². The Hall–Kier alpha value is -1.26. The SMILES string of the molecule is CCC1(C)COC(c2ccc3c(c2)OCO3)OC1. The monoisotopic (exact) mass is 250 g/mol. The van der Waals surface area contributed by atoms with Gasteiger partial charge in [-0.3, -0.25) is 0 Å². The third-order valence-corrected chi connectivity index (χ3v) is 3.69. The Morgan fingerprint density at radius 3 is 2.61 bits per heavy atom. The lowest BCUT2D eigenvalue weighted by atomic mass is 9.89. The van der Waals surface area contributed by atoms with E-state index in [9.17, 15) is 0 Å². The zero-order valence-corrected chi connectivity index (χ0v) is 10.8. The van der Waals surface area contributed by atoms with Crippen molar-refractivity contribution in [2.24, 2.45) is 5.41 Å². The third kappa shape index (κ3) is 2.06. The maximum Gasteiger partial charge on any atom is 0.231 e. The molecule has 4 heteroatoms. The van der Waals surface area contributed by atoms with Crippen LogP contribution in [0.25, 0.3) is 0 Å². The van der Waals surface area contributed by atoms with Gasteiger partial charge in [-0.25, -0.2) is 0 Å². The maximum absolute atomic E-state index is 5.81. The lowest BCUT2D eigenvalue weighted by Crippen LogP contribution is -2.35. The molecule has 2 heterocycles. The summed E-state index contributed by atoms with van der Waals surface area (Å²) in [6.45, 7) is 6.08. The quantitative estimate of drug-likeness (QED) is 0.808. The highest BCUT2D eigenvalue weighted by atomic mass is 16.7. The Morgan fingerprint density at radius 2 is 1.89 bits per heavy atom. The molecule has 0 unspecified atom stereocenters. The van der Waals surface area contributed by atoms with Crippen LogP contribution >= 0.6 is 0 Å². The van der Waals surface area contributed by atoms with Gasteiger partial charge in [-0.1, -0.05) is 13.8 Å². The van der Waals surface area contributed by atoms with Crippen molar-refractivity contribution in [1.29, 1.82) is 0 Å². The Bertz CT molecular complexity index is 435. The van der Waals surface area contributed by atoms with Crippen molar-refractivity contribution in [3.05, 3.63) is 23.8 Å². The largest absolute Gasteiger partial charge is 0.454 e. The molecular weight excluding hydrogens is 232 g/mol. The van der Waals surface area contributed by atoms with Crippen LogP contribution in [0.2, 0.25) is 0 Å². The van der Waals surface area contributed by atoms with E-state index in [1.807, 2.05) is 18.2 Å². The van der Waals surface area contributed by atoms with Crippen LogP contribution in [0, 0.1) is 5.41 Å². The van der Waals surface area contributed by atoms with Crippen LogP contribution in [0.3, 0.4) is 0 Å². The van der Waals surface area contributed by atoms with Crippen molar-refractivity contribution in [2.75, 3.05) is 20.0 Å². The number of rotatable bonds is 2. The number of benzene rings is 1. The predicted octanol–water partition coefficient (Wildman–Crippen LogP) is 2.88. The Balaban J connectivity index is 1.73. The van der Waals surface area contributed by atoms with Crippen LogP contribution in [-0.2, 0) is 9.47 Å². The Morgan fingerprint density at radius 1 is 1.17 bits per heavy atom. The molecule has 4 nitrogen and oxygen atoms in total. The van der Waals surface area contributed by atoms with Crippen molar-refractivity contribution in [2.45, 2.75) is 26.6 Å². The van der Waals surface area contributed by atoms with E-state index in [1.165, 1.54) is 0 Å². The Kier molecular flexibility index (Phi) is 2.92. The Labute approximate surface area is 107 Å². The lowest BCUT2D eigenvalue weighted by Gasteiger charge is -2.36. The topological polar surface area (TPSA) is 36.9 Å². The molecule has 0 spiro atoms. The van der Waals surface area contributed by atoms with Gasteiger partial charge in [-0.05, 0) is 24.6 Å². The summed E-state index contributed by atoms with van der Waals surface area (Å²) in [5.41, 5.74) is 1.12. The molecule has 0 N–H and O–H groups in total. The molecule has 1 saturated heterocycles. The summed E-state index contributed by atoms with van der Waals surface area (Å²) in [5, 5.41) is 0. The first kappa shape index (κ1) is 11.8. The molecule has 0 aromatic heterocycles. The van der Waals surface area contributed by atoms with Crippen LogP contribution in [0.4, 0.5) is 0 Å². The van der Waals surface area contributed by atoms with E-state index in [0.29, 0.717) is 6.79 Å². The smallest absolute Gasteiger partial charge is 0.231 e. The summed E-state index contributed by atoms with van der Waals surface area (Å²) in [6.07, 6.45) is 0.764. The molecule has 0 radical (unpaired) electrons. The second-order valence-electron chi connectivity index (χ2n) is 5.23. The van der Waals surface area contributed by atoms with Gasteiger partial charge in [-0.2, -0.15) is 0 Å². The van der Waals surface area contributed by atoms with E-state index in [-0.39, 0.29) is 11.7 Å². The first-order valence-corrected chi connectivity index (χ1v) is 6.33. The highest BCUT2D eigenvalue weighted by Crippen LogP contribution is 2.38. The molecule has 2 aliphatic rings. The second-order valence-corrected chi connectivity index (χ2v) is 5.23. The van der Waals surface area contributed by atoms with Gasteiger partial charge in [0.1, 0.15) is 0 Å². The molecule has 1 aromatic carbocycles. The van der Waals surface area contributed by atoms with E-state index in [2.05, 4.69) is 13.8 Å². The van der Waals surface area contributed by atoms with Crippen LogP contribution in [0.5, 0.6) is 11.5 Å². The number of hydrogen-bond acceptors (Lipinski definition) is 4. The summed E-state index contributed by atoms with van der Waals surface area (Å²) in [6, 6.07) is 5.80. The van der Waals surface area contributed by atoms with Gasteiger partial charge in [0.25, 0.3) is 0 Å². The van der Waals surface area contributed by atoms with E-state index in [0.717, 1.165) is 36.7 Å². The van der Waals surface area contributed by atoms with Crippen molar-refractivity contribution in [1.82, 2.24) is 0 Å². The fourth-order valence-corrected chi connectivity index (χ4v) is 2.10. The average molecular weight is 250 g/mol. The van der Waals surface area contributed by atoms with Crippen molar-refractivity contribution < 1.29 is 18.9 Å². The number of ether oxygens (including phenoxy) is 4. The molecule has 0 saturated carbocycles. The molecule has 3 rings (SSSR count). The van der Waals surface area contributed by atoms with Gasteiger partial charge in [0, 0.05) is 11.0 Å². The van der Waals surface area contributed by atoms with E-state index < -0.39 is 0 Å². The van der Waals surface area contributed by atoms with Crippen molar-refractivity contribution >= 4 is 0 Å². The molecule has 98 valence electrons. The van der Waals surface area contributed by atoms with E-state index in [4.69, 9.17) is 18.9 Å². The minimum atomic E-state index is -0.292. The standard InChI is InChI=1S/C14H18O4/c1-3-14(2)7-15-13(16-8-14)10-4-5-11-12(6-10)18-9-17-11/h4-6,13H,3,7-9H2,1-2H3. The average Bonchev–Trinajstić information content (AvgIpc) is 2.87. The molecule has 18 heavy (non-hydrogen) atoms. The first-order valence-electron chi connectivity index (χ1n) is 6.33. The highest BCUT2D eigenvalue weighted by Gasteiger charge is 2.32. The highest BCUT2D eigenvalue weighted by molar-refractivity contribution is 5.44. The molecule has 1 fully saturated rings. The minimum Gasteiger partial charge on any atom is -0.454 e. The summed E-state index contributed by atoms with van der Waals surface area (Å²) >= 11 is 0. The van der Waals surface area contributed by atoms with E-state index in [1.54, 1.807) is 0 Å². The zero-order valence-electron chi connectivity index (χ0n) is 10.8. The van der Waals surface area contributed by atoms with Gasteiger partial charge in [0.2, 0.25) is 6.79 Å². The second kappa shape index (κ2) is 4.44. The van der Waals surface area contributed by atoms with Gasteiger partial charge < -0.3 is 18.9 Å². The minimum absolute atomic E-state index is 0.132. The molecule has 0 amide bonds.